The summed E-state index contributed by atoms with van der Waals surface area (Å²) < 4.78 is 4.67. The zero-order chi connectivity index (χ0) is 8.69. The molecule has 0 aliphatic rings. The van der Waals surface area contributed by atoms with Crippen LogP contribution in [0.2, 0.25) is 0 Å². The van der Waals surface area contributed by atoms with Crippen LogP contribution in [0.15, 0.2) is 12.7 Å². The average Bonchev–Trinajstić information content (AvgIpc) is 1.97. The SMILES string of the molecule is C=CC(=O)OCCCC(Cl)Cl. The minimum atomic E-state index is -0.411. The molecular weight excluding hydrogens is 187 g/mol. The largest absolute Gasteiger partial charge is 0.463 e. The van der Waals surface area contributed by atoms with Crippen molar-refractivity contribution in [1.82, 2.24) is 0 Å². The first-order valence-corrected chi connectivity index (χ1v) is 4.11. The highest BCUT2D eigenvalue weighted by Gasteiger charge is 1.99. The molecule has 0 aliphatic carbocycles. The van der Waals surface area contributed by atoms with Gasteiger partial charge >= 0.3 is 5.97 Å². The lowest BCUT2D eigenvalue weighted by Crippen LogP contribution is -2.02. The van der Waals surface area contributed by atoms with Crippen molar-refractivity contribution in [1.29, 1.82) is 0 Å². The van der Waals surface area contributed by atoms with E-state index in [1.807, 2.05) is 0 Å². The highest BCUT2D eigenvalue weighted by Crippen LogP contribution is 2.09. The first-order valence-electron chi connectivity index (χ1n) is 3.24. The fourth-order valence-electron chi connectivity index (χ4n) is 0.469. The number of carbonyl (C=O) groups excluding carboxylic acids is 1. The number of hydrogen-bond acceptors (Lipinski definition) is 2. The van der Waals surface area contributed by atoms with Gasteiger partial charge in [-0.3, -0.25) is 0 Å². The van der Waals surface area contributed by atoms with Gasteiger partial charge in [0.15, 0.2) is 0 Å². The summed E-state index contributed by atoms with van der Waals surface area (Å²) in [5, 5.41) is 0. The van der Waals surface area contributed by atoms with Gasteiger partial charge in [-0.15, -0.1) is 23.2 Å². The molecule has 0 saturated carbocycles. The van der Waals surface area contributed by atoms with Crippen molar-refractivity contribution in [3.8, 4) is 0 Å². The number of halogens is 2. The molecule has 64 valence electrons. The molecule has 0 N–H and O–H groups in total. The monoisotopic (exact) mass is 196 g/mol. The zero-order valence-electron chi connectivity index (χ0n) is 6.06. The summed E-state index contributed by atoms with van der Waals surface area (Å²) >= 11 is 10.9. The van der Waals surface area contributed by atoms with Gasteiger partial charge in [0.05, 0.1) is 6.61 Å². The Labute approximate surface area is 76.1 Å². The molecule has 0 aliphatic heterocycles. The van der Waals surface area contributed by atoms with Crippen LogP contribution in [-0.2, 0) is 9.53 Å². The van der Waals surface area contributed by atoms with Crippen molar-refractivity contribution in [2.45, 2.75) is 17.7 Å². The molecule has 0 unspecified atom stereocenters. The standard InChI is InChI=1S/C7H10Cl2O2/c1-2-7(10)11-5-3-4-6(8)9/h2,6H,1,3-5H2. The normalized spacial score (nSPS) is 9.73. The number of alkyl halides is 2. The van der Waals surface area contributed by atoms with Crippen LogP contribution in [0.4, 0.5) is 0 Å². The van der Waals surface area contributed by atoms with Crippen molar-refractivity contribution >= 4 is 29.2 Å². The summed E-state index contributed by atoms with van der Waals surface area (Å²) in [4.78, 5) is 10.1. The van der Waals surface area contributed by atoms with E-state index < -0.39 is 5.97 Å². The number of carbonyl (C=O) groups is 1. The minimum Gasteiger partial charge on any atom is -0.463 e. The van der Waals surface area contributed by atoms with E-state index in [-0.39, 0.29) is 4.84 Å². The molecule has 0 fully saturated rings. The average molecular weight is 197 g/mol. The van der Waals surface area contributed by atoms with Crippen molar-refractivity contribution in [3.63, 3.8) is 0 Å². The summed E-state index contributed by atoms with van der Waals surface area (Å²) in [6, 6.07) is 0. The second-order valence-electron chi connectivity index (χ2n) is 1.90. The number of hydrogen-bond donors (Lipinski definition) is 0. The lowest BCUT2D eigenvalue weighted by atomic mass is 10.3. The summed E-state index contributed by atoms with van der Waals surface area (Å²) in [6.07, 6.45) is 2.43. The molecule has 4 heteroatoms. The Bertz CT molecular complexity index is 134. The summed E-state index contributed by atoms with van der Waals surface area (Å²) in [5.41, 5.74) is 0. The van der Waals surface area contributed by atoms with Gasteiger partial charge in [-0.05, 0) is 12.8 Å². The third-order valence-corrected chi connectivity index (χ3v) is 1.41. The number of ether oxygens (including phenoxy) is 1. The molecule has 0 aromatic heterocycles. The van der Waals surface area contributed by atoms with Crippen LogP contribution in [0, 0.1) is 0 Å². The van der Waals surface area contributed by atoms with Crippen LogP contribution in [-0.4, -0.2) is 17.4 Å². The first-order chi connectivity index (χ1) is 5.16. The first kappa shape index (κ1) is 10.8. The Morgan fingerprint density at radius 1 is 1.64 bits per heavy atom. The van der Waals surface area contributed by atoms with Crippen LogP contribution < -0.4 is 0 Å². The predicted molar refractivity (Wildman–Crippen MR) is 45.9 cm³/mol. The highest BCUT2D eigenvalue weighted by atomic mass is 35.5. The maximum Gasteiger partial charge on any atom is 0.330 e. The van der Waals surface area contributed by atoms with Crippen molar-refractivity contribution < 1.29 is 9.53 Å². The van der Waals surface area contributed by atoms with E-state index in [2.05, 4.69) is 11.3 Å². The molecule has 0 amide bonds. The maximum atomic E-state index is 10.5. The van der Waals surface area contributed by atoms with Gasteiger partial charge in [-0.25, -0.2) is 4.79 Å². The van der Waals surface area contributed by atoms with Gasteiger partial charge in [0.1, 0.15) is 4.84 Å². The van der Waals surface area contributed by atoms with Gasteiger partial charge in [-0.2, -0.15) is 0 Å². The Morgan fingerprint density at radius 3 is 2.73 bits per heavy atom. The molecule has 0 saturated heterocycles. The summed E-state index contributed by atoms with van der Waals surface area (Å²) in [7, 11) is 0. The van der Waals surface area contributed by atoms with E-state index in [9.17, 15) is 4.79 Å². The van der Waals surface area contributed by atoms with Crippen molar-refractivity contribution in [2.75, 3.05) is 6.61 Å². The summed E-state index contributed by atoms with van der Waals surface area (Å²) in [6.45, 7) is 3.60. The van der Waals surface area contributed by atoms with Gasteiger partial charge < -0.3 is 4.74 Å². The van der Waals surface area contributed by atoms with Crippen LogP contribution in [0.1, 0.15) is 12.8 Å². The molecule has 0 heterocycles. The molecule has 11 heavy (non-hydrogen) atoms. The van der Waals surface area contributed by atoms with E-state index in [1.54, 1.807) is 0 Å². The lowest BCUT2D eigenvalue weighted by molar-refractivity contribution is -0.137. The fraction of sp³-hybridized carbons (Fsp3) is 0.571. The molecule has 0 aromatic rings. The smallest absolute Gasteiger partial charge is 0.330 e. The van der Waals surface area contributed by atoms with Crippen LogP contribution in [0.3, 0.4) is 0 Å². The predicted octanol–water partition coefficient (Wildman–Crippen LogP) is 2.30. The fourth-order valence-corrected chi connectivity index (χ4v) is 0.778. The van der Waals surface area contributed by atoms with Gasteiger partial charge in [0.2, 0.25) is 0 Å². The number of rotatable bonds is 5. The van der Waals surface area contributed by atoms with Gasteiger partial charge in [0, 0.05) is 6.08 Å². The van der Waals surface area contributed by atoms with E-state index in [1.165, 1.54) is 0 Å². The Morgan fingerprint density at radius 2 is 2.27 bits per heavy atom. The topological polar surface area (TPSA) is 26.3 Å². The number of esters is 1. The third kappa shape index (κ3) is 7.69. The molecular formula is C7H10Cl2O2. The van der Waals surface area contributed by atoms with Crippen LogP contribution in [0.25, 0.3) is 0 Å². The molecule has 0 aromatic carbocycles. The Hall–Kier alpha value is -0.210. The van der Waals surface area contributed by atoms with E-state index in [0.29, 0.717) is 19.4 Å². The van der Waals surface area contributed by atoms with Gasteiger partial charge in [-0.1, -0.05) is 6.58 Å². The third-order valence-electron chi connectivity index (χ3n) is 0.978. The van der Waals surface area contributed by atoms with Crippen molar-refractivity contribution in [2.24, 2.45) is 0 Å². The molecule has 0 radical (unpaired) electrons. The lowest BCUT2D eigenvalue weighted by Gasteiger charge is -2.01. The molecule has 0 rings (SSSR count). The second kappa shape index (κ2) is 6.50. The zero-order valence-corrected chi connectivity index (χ0v) is 7.57. The minimum absolute atomic E-state index is 0.348. The van der Waals surface area contributed by atoms with Crippen molar-refractivity contribution in [3.05, 3.63) is 12.7 Å². The second-order valence-corrected chi connectivity index (χ2v) is 3.18. The molecule has 0 bridgehead atoms. The van der Waals surface area contributed by atoms with Crippen LogP contribution in [0.5, 0.6) is 0 Å². The molecule has 2 nitrogen and oxygen atoms in total. The van der Waals surface area contributed by atoms with Crippen LogP contribution >= 0.6 is 23.2 Å². The van der Waals surface area contributed by atoms with E-state index in [4.69, 9.17) is 23.2 Å². The summed E-state index contributed by atoms with van der Waals surface area (Å²) in [5.74, 6) is -0.411. The highest BCUT2D eigenvalue weighted by molar-refractivity contribution is 6.44. The maximum absolute atomic E-state index is 10.5. The Balaban J connectivity index is 3.14. The molecule has 0 spiro atoms. The van der Waals surface area contributed by atoms with E-state index in [0.717, 1.165) is 6.08 Å². The quantitative estimate of drug-likeness (QED) is 0.292. The van der Waals surface area contributed by atoms with E-state index >= 15 is 0 Å². The molecule has 0 atom stereocenters. The Kier molecular flexibility index (Phi) is 6.37. The van der Waals surface area contributed by atoms with Gasteiger partial charge in [0.25, 0.3) is 0 Å².